The van der Waals surface area contributed by atoms with Crippen LogP contribution < -0.4 is 0 Å². The fourth-order valence-corrected chi connectivity index (χ4v) is 1.55. The summed E-state index contributed by atoms with van der Waals surface area (Å²) >= 11 is 2.10. The van der Waals surface area contributed by atoms with Gasteiger partial charge in [-0.1, -0.05) is 8.93 Å². The van der Waals surface area contributed by atoms with Crippen molar-refractivity contribution in [2.75, 3.05) is 5.75 Å². The van der Waals surface area contributed by atoms with Crippen molar-refractivity contribution in [3.8, 4) is 0 Å². The van der Waals surface area contributed by atoms with E-state index < -0.39 is 0 Å². The third-order valence-corrected chi connectivity index (χ3v) is 1.71. The predicted octanol–water partition coefficient (Wildman–Crippen LogP) is 1.66. The maximum absolute atomic E-state index is 10.0. The van der Waals surface area contributed by atoms with Crippen molar-refractivity contribution >= 4 is 35.9 Å². The van der Waals surface area contributed by atoms with E-state index >= 15 is 0 Å². The van der Waals surface area contributed by atoms with Crippen molar-refractivity contribution in [2.24, 2.45) is 0 Å². The monoisotopic (exact) mass is 216 g/mol. The number of rotatable bonds is 2. The number of hydrogen-bond donors (Lipinski definition) is 0. The van der Waals surface area contributed by atoms with Gasteiger partial charge >= 0.3 is 0 Å². The van der Waals surface area contributed by atoms with Crippen LogP contribution in [0.4, 0.5) is 0 Å². The van der Waals surface area contributed by atoms with Crippen LogP contribution in [0.2, 0.25) is 0 Å². The molecule has 0 amide bonds. The summed E-state index contributed by atoms with van der Waals surface area (Å²) in [6.45, 7) is 1.59. The maximum atomic E-state index is 10.0. The van der Waals surface area contributed by atoms with Crippen molar-refractivity contribution in [3.63, 3.8) is 0 Å². The number of carbonyl (C=O) groups is 1. The molecule has 0 aromatic heterocycles. The molecule has 0 aliphatic carbocycles. The SMILES string of the molecule is CC(=O)CSI. The van der Waals surface area contributed by atoms with E-state index in [0.29, 0.717) is 5.75 Å². The third kappa shape index (κ3) is 4.75. The Bertz CT molecular complexity index is 54.8. The van der Waals surface area contributed by atoms with Crippen LogP contribution in [0.3, 0.4) is 0 Å². The molecule has 0 radical (unpaired) electrons. The van der Waals surface area contributed by atoms with E-state index in [2.05, 4.69) is 21.2 Å². The van der Waals surface area contributed by atoms with Crippen molar-refractivity contribution in [2.45, 2.75) is 6.92 Å². The number of carbonyl (C=O) groups excluding carboxylic acids is 1. The molecule has 0 aliphatic heterocycles. The molecule has 0 atom stereocenters. The van der Waals surface area contributed by atoms with Crippen LogP contribution in [0, 0.1) is 0 Å². The number of halogens is 1. The first-order valence-corrected chi connectivity index (χ1v) is 5.03. The van der Waals surface area contributed by atoms with E-state index in [-0.39, 0.29) is 5.78 Å². The first kappa shape index (κ1) is 6.75. The van der Waals surface area contributed by atoms with Crippen LogP contribution in [0.5, 0.6) is 0 Å². The van der Waals surface area contributed by atoms with E-state index in [1.165, 1.54) is 8.93 Å². The molecule has 36 valence electrons. The standard InChI is InChI=1S/C3H5IOS/c1-3(5)2-6-4/h2H2,1H3. The first-order chi connectivity index (χ1) is 2.77. The molecule has 3 heteroatoms. The molecule has 0 saturated heterocycles. The van der Waals surface area contributed by atoms with Gasteiger partial charge in [0.2, 0.25) is 0 Å². The fraction of sp³-hybridized carbons (Fsp3) is 0.667. The van der Waals surface area contributed by atoms with Crippen molar-refractivity contribution < 1.29 is 4.79 Å². The summed E-state index contributed by atoms with van der Waals surface area (Å²) in [5.74, 6) is 0.884. The fourth-order valence-electron chi connectivity index (χ4n) is 0.0768. The van der Waals surface area contributed by atoms with E-state index in [4.69, 9.17) is 0 Å². The molecule has 0 rings (SSSR count). The van der Waals surface area contributed by atoms with E-state index in [9.17, 15) is 4.79 Å². The molecule has 0 saturated carbocycles. The van der Waals surface area contributed by atoms with E-state index in [1.54, 1.807) is 6.92 Å². The molecule has 1 nitrogen and oxygen atoms in total. The van der Waals surface area contributed by atoms with Gasteiger partial charge in [0.15, 0.2) is 0 Å². The Morgan fingerprint density at radius 3 is 2.50 bits per heavy atom. The van der Waals surface area contributed by atoms with Crippen molar-refractivity contribution in [1.82, 2.24) is 0 Å². The van der Waals surface area contributed by atoms with Crippen molar-refractivity contribution in [1.29, 1.82) is 0 Å². The Hall–Kier alpha value is 0.750. The molecule has 0 fully saturated rings. The van der Waals surface area contributed by atoms with Gasteiger partial charge in [-0.05, 0) is 28.1 Å². The highest BCUT2D eigenvalue weighted by atomic mass is 127. The van der Waals surface area contributed by atoms with Crippen molar-refractivity contribution in [3.05, 3.63) is 0 Å². The van der Waals surface area contributed by atoms with Gasteiger partial charge in [0.1, 0.15) is 5.78 Å². The van der Waals surface area contributed by atoms with Gasteiger partial charge in [-0.2, -0.15) is 0 Å². The van der Waals surface area contributed by atoms with Crippen LogP contribution in [0.15, 0.2) is 0 Å². The van der Waals surface area contributed by atoms with Gasteiger partial charge in [-0.3, -0.25) is 4.79 Å². The van der Waals surface area contributed by atoms with Crippen LogP contribution >= 0.6 is 30.1 Å². The molecule has 0 aliphatic rings. The molecule has 0 unspecified atom stereocenters. The summed E-state index contributed by atoms with van der Waals surface area (Å²) in [4.78, 5) is 10.0. The largest absolute Gasteiger partial charge is 0.299 e. The molecular formula is C3H5IOS. The van der Waals surface area contributed by atoms with Gasteiger partial charge < -0.3 is 0 Å². The summed E-state index contributed by atoms with van der Waals surface area (Å²) in [6.07, 6.45) is 0. The lowest BCUT2D eigenvalue weighted by molar-refractivity contribution is -0.114. The number of Topliss-reactive ketones (excluding diaryl/α,β-unsaturated/α-hetero) is 1. The lowest BCUT2D eigenvalue weighted by atomic mass is 10.5. The van der Waals surface area contributed by atoms with E-state index in [0.717, 1.165) is 0 Å². The summed E-state index contributed by atoms with van der Waals surface area (Å²) in [5, 5.41) is 0. The summed E-state index contributed by atoms with van der Waals surface area (Å²) < 4.78 is 0. The Morgan fingerprint density at radius 2 is 2.50 bits per heavy atom. The first-order valence-electron chi connectivity index (χ1n) is 1.50. The van der Waals surface area contributed by atoms with Gasteiger partial charge in [-0.15, -0.1) is 0 Å². The number of ketones is 1. The molecule has 0 aromatic carbocycles. The molecule has 0 N–H and O–H groups in total. The predicted molar refractivity (Wildman–Crippen MR) is 37.2 cm³/mol. The van der Waals surface area contributed by atoms with Gasteiger partial charge in [0.25, 0.3) is 0 Å². The lowest BCUT2D eigenvalue weighted by Gasteiger charge is -1.78. The normalized spacial score (nSPS) is 8.33. The highest BCUT2D eigenvalue weighted by Gasteiger charge is 1.85. The number of hydrogen-bond acceptors (Lipinski definition) is 2. The summed E-state index contributed by atoms with van der Waals surface area (Å²) in [7, 11) is 1.53. The second-order valence-corrected chi connectivity index (χ2v) is 3.33. The summed E-state index contributed by atoms with van der Waals surface area (Å²) in [6, 6.07) is 0. The Kier molecular flexibility index (Phi) is 4.41. The Morgan fingerprint density at radius 1 is 2.00 bits per heavy atom. The Balaban J connectivity index is 2.83. The topological polar surface area (TPSA) is 17.1 Å². The minimum Gasteiger partial charge on any atom is -0.299 e. The average molecular weight is 216 g/mol. The minimum absolute atomic E-state index is 0.245. The van der Waals surface area contributed by atoms with Gasteiger partial charge in [0, 0.05) is 0 Å². The molecule has 0 aromatic rings. The molecule has 6 heavy (non-hydrogen) atoms. The van der Waals surface area contributed by atoms with Crippen LogP contribution in [-0.2, 0) is 4.79 Å². The maximum Gasteiger partial charge on any atom is 0.140 e. The molecule has 0 spiro atoms. The molecular weight excluding hydrogens is 211 g/mol. The van der Waals surface area contributed by atoms with Gasteiger partial charge in [-0.25, -0.2) is 0 Å². The molecule has 0 heterocycles. The van der Waals surface area contributed by atoms with Crippen LogP contribution in [0.25, 0.3) is 0 Å². The Labute approximate surface area is 53.5 Å². The molecule has 0 bridgehead atoms. The highest BCUT2D eigenvalue weighted by molar-refractivity contribution is 14.2. The zero-order valence-electron chi connectivity index (χ0n) is 3.40. The van der Waals surface area contributed by atoms with Crippen LogP contribution in [0.1, 0.15) is 6.92 Å². The highest BCUT2D eigenvalue weighted by Crippen LogP contribution is 2.08. The zero-order valence-corrected chi connectivity index (χ0v) is 6.38. The van der Waals surface area contributed by atoms with Gasteiger partial charge in [0.05, 0.1) is 5.75 Å². The second-order valence-electron chi connectivity index (χ2n) is 0.955. The minimum atomic E-state index is 0.245. The third-order valence-electron chi connectivity index (χ3n) is 0.258. The lowest BCUT2D eigenvalue weighted by Crippen LogP contribution is -1.88. The van der Waals surface area contributed by atoms with E-state index in [1.807, 2.05) is 0 Å². The quantitative estimate of drug-likeness (QED) is 0.653. The van der Waals surface area contributed by atoms with Crippen LogP contribution in [-0.4, -0.2) is 11.5 Å². The zero-order chi connectivity index (χ0) is 4.99. The summed E-state index contributed by atoms with van der Waals surface area (Å²) in [5.41, 5.74) is 0. The smallest absolute Gasteiger partial charge is 0.140 e. The average Bonchev–Trinajstić information content (AvgIpc) is 1.35. The second kappa shape index (κ2) is 3.92.